The Hall–Kier alpha value is -2.95. The number of aliphatic imine (C=N–C) groups is 1. The molecule has 0 aliphatic carbocycles. The molecule has 0 amide bonds. The fourth-order valence-corrected chi connectivity index (χ4v) is 6.25. The van der Waals surface area contributed by atoms with Crippen molar-refractivity contribution in [2.24, 2.45) is 33.3 Å². The van der Waals surface area contributed by atoms with E-state index >= 15 is 0 Å². The molecule has 0 spiro atoms. The Bertz CT molecular complexity index is 1330. The highest BCUT2D eigenvalue weighted by molar-refractivity contribution is 5.91. The number of nitrogens with zero attached hydrogens (tertiary/aromatic N) is 1. The Labute approximate surface area is 270 Å². The number of rotatable bonds is 15. The third-order valence-corrected chi connectivity index (χ3v) is 8.71. The summed E-state index contributed by atoms with van der Waals surface area (Å²) in [6, 6.07) is 4.53. The van der Waals surface area contributed by atoms with Crippen molar-refractivity contribution in [1.82, 2.24) is 10.3 Å². The lowest BCUT2D eigenvalue weighted by Gasteiger charge is -2.34. The SMILES string of the molecule is COC(=O)C(CCCN)(CCCN)CNCC(C=O)(Cc1c(C(C)(C)C)[nH]c2cc(C(C)(C)C)cc(C(C)(C)C)c12)N=C(N)N. The number of aromatic nitrogens is 1. The predicted octanol–water partition coefficient (Wildman–Crippen LogP) is 4.04. The van der Waals surface area contributed by atoms with Crippen LogP contribution < -0.4 is 28.3 Å². The van der Waals surface area contributed by atoms with Crippen molar-refractivity contribution >= 4 is 29.1 Å². The van der Waals surface area contributed by atoms with Gasteiger partial charge in [-0.15, -0.1) is 0 Å². The van der Waals surface area contributed by atoms with Crippen molar-refractivity contribution in [3.05, 3.63) is 34.5 Å². The molecule has 1 aromatic heterocycles. The van der Waals surface area contributed by atoms with Crippen molar-refractivity contribution in [2.75, 3.05) is 33.3 Å². The first kappa shape index (κ1) is 38.2. The Kier molecular flexibility index (Phi) is 12.4. The van der Waals surface area contributed by atoms with Crippen LogP contribution in [0, 0.1) is 5.41 Å². The fourth-order valence-electron chi connectivity index (χ4n) is 6.25. The molecule has 10 heteroatoms. The van der Waals surface area contributed by atoms with Crippen LogP contribution in [0.3, 0.4) is 0 Å². The van der Waals surface area contributed by atoms with Crippen molar-refractivity contribution in [3.8, 4) is 0 Å². The molecule has 1 atom stereocenters. The zero-order valence-corrected chi connectivity index (χ0v) is 29.6. The van der Waals surface area contributed by atoms with Crippen LogP contribution in [-0.4, -0.2) is 62.0 Å². The molecule has 0 saturated heterocycles. The highest BCUT2D eigenvalue weighted by Crippen LogP contribution is 2.42. The number of esters is 1. The Morgan fingerprint density at radius 1 is 0.911 bits per heavy atom. The van der Waals surface area contributed by atoms with E-state index in [-0.39, 0.29) is 47.7 Å². The molecule has 10 N–H and O–H groups in total. The molecule has 1 heterocycles. The minimum absolute atomic E-state index is 0.0595. The maximum Gasteiger partial charge on any atom is 0.313 e. The van der Waals surface area contributed by atoms with Gasteiger partial charge in [-0.25, -0.2) is 4.99 Å². The summed E-state index contributed by atoms with van der Waals surface area (Å²) in [6.07, 6.45) is 3.42. The van der Waals surface area contributed by atoms with Gasteiger partial charge in [-0.2, -0.15) is 0 Å². The van der Waals surface area contributed by atoms with Gasteiger partial charge in [0.2, 0.25) is 0 Å². The first-order valence-electron chi connectivity index (χ1n) is 16.2. The number of H-pyrrole nitrogens is 1. The zero-order valence-electron chi connectivity index (χ0n) is 29.6. The molecular formula is C35H61N7O3. The van der Waals surface area contributed by atoms with E-state index in [1.54, 1.807) is 0 Å². The smallest absolute Gasteiger partial charge is 0.313 e. The van der Waals surface area contributed by atoms with Crippen molar-refractivity contribution in [1.29, 1.82) is 0 Å². The average Bonchev–Trinajstić information content (AvgIpc) is 3.30. The van der Waals surface area contributed by atoms with Crippen molar-refractivity contribution < 1.29 is 14.3 Å². The highest BCUT2D eigenvalue weighted by Gasteiger charge is 2.41. The highest BCUT2D eigenvalue weighted by atomic mass is 16.5. The Balaban J connectivity index is 2.77. The summed E-state index contributed by atoms with van der Waals surface area (Å²) in [6.45, 7) is 21.0. The average molecular weight is 628 g/mol. The number of nitrogens with one attached hydrogen (secondary N) is 2. The fraction of sp³-hybridized carbons (Fsp3) is 0.686. The molecule has 0 saturated carbocycles. The Morgan fingerprint density at radius 3 is 1.91 bits per heavy atom. The predicted molar refractivity (Wildman–Crippen MR) is 187 cm³/mol. The number of aldehydes is 1. The summed E-state index contributed by atoms with van der Waals surface area (Å²) in [4.78, 5) is 34.6. The number of guanidine groups is 1. The summed E-state index contributed by atoms with van der Waals surface area (Å²) < 4.78 is 5.25. The molecule has 0 bridgehead atoms. The molecule has 0 fully saturated rings. The van der Waals surface area contributed by atoms with Gasteiger partial charge in [-0.3, -0.25) is 4.79 Å². The van der Waals surface area contributed by atoms with Crippen LogP contribution in [0.2, 0.25) is 0 Å². The van der Waals surface area contributed by atoms with E-state index in [0.29, 0.717) is 38.8 Å². The Morgan fingerprint density at radius 2 is 1.49 bits per heavy atom. The minimum atomic E-state index is -1.34. The molecule has 2 aromatic rings. The van der Waals surface area contributed by atoms with E-state index in [2.05, 4.69) is 89.7 Å². The normalized spacial score (nSPS) is 14.3. The van der Waals surface area contributed by atoms with Crippen LogP contribution in [0.4, 0.5) is 0 Å². The van der Waals surface area contributed by atoms with Gasteiger partial charge in [0, 0.05) is 41.5 Å². The van der Waals surface area contributed by atoms with Crippen molar-refractivity contribution in [3.63, 3.8) is 0 Å². The number of methoxy groups -OCH3 is 1. The topological polar surface area (TPSA) is 188 Å². The lowest BCUT2D eigenvalue weighted by Crippen LogP contribution is -2.50. The maximum absolute atomic E-state index is 13.2. The molecule has 1 aromatic carbocycles. The molecule has 0 aliphatic heterocycles. The monoisotopic (exact) mass is 627 g/mol. The van der Waals surface area contributed by atoms with Crippen LogP contribution in [0.25, 0.3) is 10.9 Å². The number of nitrogens with two attached hydrogens (primary N) is 4. The summed E-state index contributed by atoms with van der Waals surface area (Å²) in [5, 5.41) is 4.50. The first-order valence-corrected chi connectivity index (χ1v) is 16.2. The molecule has 10 nitrogen and oxygen atoms in total. The van der Waals surface area contributed by atoms with Crippen LogP contribution in [0.1, 0.15) is 110 Å². The van der Waals surface area contributed by atoms with E-state index in [4.69, 9.17) is 27.7 Å². The zero-order chi connectivity index (χ0) is 34.4. The van der Waals surface area contributed by atoms with Gasteiger partial charge in [-0.1, -0.05) is 68.4 Å². The molecular weight excluding hydrogens is 566 g/mol. The minimum Gasteiger partial charge on any atom is -0.469 e. The number of carbonyl (C=O) groups excluding carboxylic acids is 2. The number of carbonyl (C=O) groups is 2. The van der Waals surface area contributed by atoms with E-state index in [0.717, 1.165) is 28.4 Å². The van der Waals surface area contributed by atoms with Crippen LogP contribution in [-0.2, 0) is 37.0 Å². The van der Waals surface area contributed by atoms with Crippen LogP contribution in [0.5, 0.6) is 0 Å². The van der Waals surface area contributed by atoms with Gasteiger partial charge in [0.05, 0.1) is 12.5 Å². The van der Waals surface area contributed by atoms with Crippen LogP contribution in [0.15, 0.2) is 17.1 Å². The van der Waals surface area contributed by atoms with E-state index < -0.39 is 11.0 Å². The van der Waals surface area contributed by atoms with Gasteiger partial charge >= 0.3 is 5.97 Å². The van der Waals surface area contributed by atoms with Gasteiger partial charge in [-0.05, 0) is 72.4 Å². The summed E-state index contributed by atoms with van der Waals surface area (Å²) in [5.41, 5.74) is 26.4. The van der Waals surface area contributed by atoms with E-state index in [9.17, 15) is 9.59 Å². The number of aromatic amines is 1. The molecule has 254 valence electrons. The van der Waals surface area contributed by atoms with Gasteiger partial charge in [0.15, 0.2) is 5.96 Å². The summed E-state index contributed by atoms with van der Waals surface area (Å²) in [7, 11) is 1.39. The third kappa shape index (κ3) is 9.30. The number of ether oxygens (including phenoxy) is 1. The molecule has 2 rings (SSSR count). The van der Waals surface area contributed by atoms with Crippen LogP contribution >= 0.6 is 0 Å². The lowest BCUT2D eigenvalue weighted by atomic mass is 9.76. The van der Waals surface area contributed by atoms with Gasteiger partial charge in [0.25, 0.3) is 0 Å². The molecule has 1 unspecified atom stereocenters. The van der Waals surface area contributed by atoms with Gasteiger partial charge < -0.3 is 42.8 Å². The first-order chi connectivity index (χ1) is 20.7. The summed E-state index contributed by atoms with van der Waals surface area (Å²) in [5.74, 6) is -0.510. The molecule has 0 radical (unpaired) electrons. The second-order valence-corrected chi connectivity index (χ2v) is 15.8. The number of hydrogen-bond donors (Lipinski definition) is 6. The van der Waals surface area contributed by atoms with E-state index in [1.165, 1.54) is 18.2 Å². The number of fused-ring (bicyclic) bond motifs is 1. The second-order valence-electron chi connectivity index (χ2n) is 15.8. The largest absolute Gasteiger partial charge is 0.469 e. The summed E-state index contributed by atoms with van der Waals surface area (Å²) >= 11 is 0. The molecule has 45 heavy (non-hydrogen) atoms. The van der Waals surface area contributed by atoms with E-state index in [1.807, 2.05) is 0 Å². The lowest BCUT2D eigenvalue weighted by molar-refractivity contribution is -0.153. The van der Waals surface area contributed by atoms with Crippen molar-refractivity contribution in [2.45, 2.75) is 116 Å². The molecule has 0 aliphatic rings. The van der Waals surface area contributed by atoms with Gasteiger partial charge in [0.1, 0.15) is 11.8 Å². The standard InChI is InChI=1S/C35H61N7O3/c1-31(2,3)23-17-25(32(4,5)6)27-24(28(33(7,8)9)41-26(27)18-23)19-35(22-43,42-30(38)39)21-40-20-34(13-11-15-36,14-12-16-37)29(44)45-10/h17-18,22,40-41H,11-16,19-21,36-37H2,1-10H3,(H4,38,39,42). The third-order valence-electron chi connectivity index (χ3n) is 8.71. The maximum atomic E-state index is 13.2. The quantitative estimate of drug-likeness (QED) is 0.0738. The number of benzene rings is 1. The number of hydrogen-bond acceptors (Lipinski definition) is 7. The second kappa shape index (κ2) is 14.6.